The van der Waals surface area contributed by atoms with Gasteiger partial charge in [-0.05, 0) is 37.3 Å². The standard InChI is InChI=1S/C15H17FN2S/c1-10-17-8-13(19-10)9-18-12-6-11(7-12)14-4-2-3-5-15(14)16/h2-5,8,11-12,18H,6-7,9H2,1H3. The molecule has 100 valence electrons. The molecule has 0 unspecified atom stereocenters. The Bertz CT molecular complexity index is 561. The summed E-state index contributed by atoms with van der Waals surface area (Å²) in [4.78, 5) is 5.51. The van der Waals surface area contributed by atoms with Crippen LogP contribution < -0.4 is 5.32 Å². The van der Waals surface area contributed by atoms with Crippen molar-refractivity contribution in [3.05, 3.63) is 51.7 Å². The fraction of sp³-hybridized carbons (Fsp3) is 0.400. The third-order valence-corrected chi connectivity index (χ3v) is 4.63. The van der Waals surface area contributed by atoms with Gasteiger partial charge in [0.2, 0.25) is 0 Å². The topological polar surface area (TPSA) is 24.9 Å². The number of halogens is 1. The lowest BCUT2D eigenvalue weighted by molar-refractivity contribution is 0.284. The van der Waals surface area contributed by atoms with E-state index in [-0.39, 0.29) is 5.82 Å². The van der Waals surface area contributed by atoms with Crippen molar-refractivity contribution >= 4 is 11.3 Å². The lowest BCUT2D eigenvalue weighted by Gasteiger charge is -2.36. The van der Waals surface area contributed by atoms with Gasteiger partial charge in [-0.1, -0.05) is 18.2 Å². The number of benzene rings is 1. The maximum atomic E-state index is 13.6. The summed E-state index contributed by atoms with van der Waals surface area (Å²) in [5.74, 6) is 0.311. The van der Waals surface area contributed by atoms with Gasteiger partial charge in [0, 0.05) is 23.7 Å². The van der Waals surface area contributed by atoms with Gasteiger partial charge >= 0.3 is 0 Å². The number of hydrogen-bond acceptors (Lipinski definition) is 3. The van der Waals surface area contributed by atoms with Crippen LogP contribution in [0.5, 0.6) is 0 Å². The van der Waals surface area contributed by atoms with Gasteiger partial charge in [-0.15, -0.1) is 11.3 Å². The molecule has 2 aromatic rings. The van der Waals surface area contributed by atoms with E-state index >= 15 is 0 Å². The molecule has 19 heavy (non-hydrogen) atoms. The largest absolute Gasteiger partial charge is 0.309 e. The summed E-state index contributed by atoms with van der Waals surface area (Å²) in [5.41, 5.74) is 0.870. The van der Waals surface area contributed by atoms with Crippen LogP contribution in [0, 0.1) is 12.7 Å². The fourth-order valence-electron chi connectivity index (χ4n) is 2.58. The highest BCUT2D eigenvalue weighted by atomic mass is 32.1. The second-order valence-corrected chi connectivity index (χ2v) is 6.43. The second kappa shape index (κ2) is 5.39. The summed E-state index contributed by atoms with van der Waals surface area (Å²) in [5, 5.41) is 4.62. The molecule has 1 aliphatic carbocycles. The van der Waals surface area contributed by atoms with Crippen LogP contribution in [0.3, 0.4) is 0 Å². The highest BCUT2D eigenvalue weighted by Gasteiger charge is 2.31. The molecule has 0 aliphatic heterocycles. The number of nitrogens with one attached hydrogen (secondary N) is 1. The molecule has 0 saturated heterocycles. The zero-order chi connectivity index (χ0) is 13.2. The first-order valence-corrected chi connectivity index (χ1v) is 7.43. The van der Waals surface area contributed by atoms with Crippen LogP contribution in [0.25, 0.3) is 0 Å². The summed E-state index contributed by atoms with van der Waals surface area (Å²) in [6.07, 6.45) is 3.98. The van der Waals surface area contributed by atoms with Gasteiger partial charge < -0.3 is 5.32 Å². The molecule has 1 saturated carbocycles. The molecule has 0 atom stereocenters. The minimum absolute atomic E-state index is 0.0657. The molecule has 0 bridgehead atoms. The van der Waals surface area contributed by atoms with Crippen molar-refractivity contribution in [2.75, 3.05) is 0 Å². The SMILES string of the molecule is Cc1ncc(CNC2CC(c3ccccc3F)C2)s1. The first-order chi connectivity index (χ1) is 9.22. The van der Waals surface area contributed by atoms with E-state index in [2.05, 4.69) is 10.3 Å². The van der Waals surface area contributed by atoms with Gasteiger partial charge in [-0.2, -0.15) is 0 Å². The summed E-state index contributed by atoms with van der Waals surface area (Å²) in [7, 11) is 0. The number of aryl methyl sites for hydroxylation is 1. The summed E-state index contributed by atoms with van der Waals surface area (Å²) in [6, 6.07) is 7.63. The third-order valence-electron chi connectivity index (χ3n) is 3.72. The average Bonchev–Trinajstić information content (AvgIpc) is 2.75. The quantitative estimate of drug-likeness (QED) is 0.922. The van der Waals surface area contributed by atoms with Crippen LogP contribution in [0.15, 0.2) is 30.5 Å². The minimum atomic E-state index is -0.0657. The molecule has 2 nitrogen and oxygen atoms in total. The maximum Gasteiger partial charge on any atom is 0.126 e. The Morgan fingerprint density at radius 2 is 2.16 bits per heavy atom. The summed E-state index contributed by atoms with van der Waals surface area (Å²) in [6.45, 7) is 2.89. The fourth-order valence-corrected chi connectivity index (χ4v) is 3.32. The van der Waals surface area contributed by atoms with E-state index in [9.17, 15) is 4.39 Å². The molecular weight excluding hydrogens is 259 g/mol. The molecule has 1 heterocycles. The van der Waals surface area contributed by atoms with Crippen LogP contribution in [-0.2, 0) is 6.54 Å². The number of thiazole rings is 1. The number of rotatable bonds is 4. The number of aromatic nitrogens is 1. The van der Waals surface area contributed by atoms with Crippen molar-refractivity contribution in [1.29, 1.82) is 0 Å². The lowest BCUT2D eigenvalue weighted by Crippen LogP contribution is -2.39. The van der Waals surface area contributed by atoms with E-state index in [4.69, 9.17) is 0 Å². The van der Waals surface area contributed by atoms with Crippen LogP contribution >= 0.6 is 11.3 Å². The molecular formula is C15H17FN2S. The van der Waals surface area contributed by atoms with Gasteiger partial charge in [0.15, 0.2) is 0 Å². The van der Waals surface area contributed by atoms with Crippen molar-refractivity contribution in [3.63, 3.8) is 0 Å². The average molecular weight is 276 g/mol. The third kappa shape index (κ3) is 2.85. The highest BCUT2D eigenvalue weighted by molar-refractivity contribution is 7.11. The first-order valence-electron chi connectivity index (χ1n) is 6.61. The zero-order valence-electron chi connectivity index (χ0n) is 10.9. The van der Waals surface area contributed by atoms with Crippen molar-refractivity contribution < 1.29 is 4.39 Å². The molecule has 0 spiro atoms. The maximum absolute atomic E-state index is 13.6. The van der Waals surface area contributed by atoms with Crippen molar-refractivity contribution in [3.8, 4) is 0 Å². The minimum Gasteiger partial charge on any atom is -0.309 e. The van der Waals surface area contributed by atoms with E-state index < -0.39 is 0 Å². The molecule has 3 rings (SSSR count). The molecule has 4 heteroatoms. The Hall–Kier alpha value is -1.26. The molecule has 1 aliphatic rings. The van der Waals surface area contributed by atoms with Crippen molar-refractivity contribution in [1.82, 2.24) is 10.3 Å². The predicted molar refractivity (Wildman–Crippen MR) is 75.9 cm³/mol. The predicted octanol–water partition coefficient (Wildman–Crippen LogP) is 3.63. The molecule has 1 aromatic carbocycles. The van der Waals surface area contributed by atoms with Crippen LogP contribution in [0.1, 0.15) is 34.2 Å². The van der Waals surface area contributed by atoms with E-state index in [1.807, 2.05) is 25.3 Å². The summed E-state index contributed by atoms with van der Waals surface area (Å²) < 4.78 is 13.6. The van der Waals surface area contributed by atoms with E-state index in [1.165, 1.54) is 4.88 Å². The normalized spacial score (nSPS) is 22.2. The van der Waals surface area contributed by atoms with Crippen LogP contribution in [0.4, 0.5) is 4.39 Å². The van der Waals surface area contributed by atoms with Crippen LogP contribution in [0.2, 0.25) is 0 Å². The van der Waals surface area contributed by atoms with Gasteiger partial charge in [-0.3, -0.25) is 0 Å². The molecule has 1 fully saturated rings. The van der Waals surface area contributed by atoms with E-state index in [0.717, 1.165) is 30.0 Å². The van der Waals surface area contributed by atoms with Crippen molar-refractivity contribution in [2.24, 2.45) is 0 Å². The zero-order valence-corrected chi connectivity index (χ0v) is 11.7. The van der Waals surface area contributed by atoms with Gasteiger partial charge in [0.1, 0.15) is 5.82 Å². The smallest absolute Gasteiger partial charge is 0.126 e. The molecule has 0 amide bonds. The first kappa shape index (κ1) is 12.8. The van der Waals surface area contributed by atoms with Gasteiger partial charge in [0.05, 0.1) is 5.01 Å². The Balaban J connectivity index is 1.49. The van der Waals surface area contributed by atoms with E-state index in [0.29, 0.717) is 12.0 Å². The summed E-state index contributed by atoms with van der Waals surface area (Å²) >= 11 is 1.73. The van der Waals surface area contributed by atoms with Crippen molar-refractivity contribution in [2.45, 2.75) is 38.3 Å². The molecule has 1 aromatic heterocycles. The lowest BCUT2D eigenvalue weighted by atomic mass is 9.75. The Kier molecular flexibility index (Phi) is 3.62. The number of nitrogens with zero attached hydrogens (tertiary/aromatic N) is 1. The molecule has 0 radical (unpaired) electrons. The number of hydrogen-bond donors (Lipinski definition) is 1. The molecule has 1 N–H and O–H groups in total. The van der Waals surface area contributed by atoms with Gasteiger partial charge in [-0.25, -0.2) is 9.37 Å². The van der Waals surface area contributed by atoms with Gasteiger partial charge in [0.25, 0.3) is 0 Å². The second-order valence-electron chi connectivity index (χ2n) is 5.11. The highest BCUT2D eigenvalue weighted by Crippen LogP contribution is 2.38. The van der Waals surface area contributed by atoms with Crippen LogP contribution in [-0.4, -0.2) is 11.0 Å². The Morgan fingerprint density at radius 3 is 2.84 bits per heavy atom. The Labute approximate surface area is 116 Å². The monoisotopic (exact) mass is 276 g/mol. The van der Waals surface area contributed by atoms with E-state index in [1.54, 1.807) is 23.5 Å². The Morgan fingerprint density at radius 1 is 1.37 bits per heavy atom.